The Hall–Kier alpha value is -2.15. The fourth-order valence-electron chi connectivity index (χ4n) is 1.14. The van der Waals surface area contributed by atoms with E-state index in [1.807, 2.05) is 0 Å². The maximum absolute atomic E-state index is 10.5. The van der Waals surface area contributed by atoms with Gasteiger partial charge in [0.1, 0.15) is 11.5 Å². The number of ether oxygens (including phenoxy) is 2. The van der Waals surface area contributed by atoms with Crippen LogP contribution in [0.4, 0.5) is 0 Å². The van der Waals surface area contributed by atoms with Gasteiger partial charge < -0.3 is 15.2 Å². The van der Waals surface area contributed by atoms with Gasteiger partial charge in [-0.15, -0.1) is 0 Å². The Balaban J connectivity index is 2.98. The summed E-state index contributed by atoms with van der Waals surface area (Å²) in [6.07, 6.45) is 0.0281. The first-order valence-corrected chi connectivity index (χ1v) is 4.66. The van der Waals surface area contributed by atoms with Gasteiger partial charge in [0, 0.05) is 0 Å². The zero-order chi connectivity index (χ0) is 12.0. The van der Waals surface area contributed by atoms with Gasteiger partial charge in [0.25, 0.3) is 0 Å². The van der Waals surface area contributed by atoms with Crippen molar-refractivity contribution in [2.24, 2.45) is 5.73 Å². The van der Waals surface area contributed by atoms with Gasteiger partial charge in [0.15, 0.2) is 0 Å². The number of benzene rings is 1. The number of nitrogens with two attached hydrogens (primary N) is 1. The van der Waals surface area contributed by atoms with Gasteiger partial charge >= 0.3 is 0 Å². The molecule has 4 heteroatoms. The van der Waals surface area contributed by atoms with Crippen LogP contribution in [0.1, 0.15) is 12.0 Å². The molecule has 0 heterocycles. The molecule has 1 amide bonds. The summed E-state index contributed by atoms with van der Waals surface area (Å²) in [7, 11) is 3.13. The molecule has 0 saturated carbocycles. The first-order valence-electron chi connectivity index (χ1n) is 4.66. The van der Waals surface area contributed by atoms with Gasteiger partial charge in [-0.2, -0.15) is 0 Å². The molecule has 0 bridgehead atoms. The predicted octanol–water partition coefficient (Wildman–Crippen LogP) is 0.931. The van der Waals surface area contributed by atoms with Crippen LogP contribution in [0.2, 0.25) is 0 Å². The molecular formula is C12H13NO3. The van der Waals surface area contributed by atoms with Crippen LogP contribution in [0.5, 0.6) is 11.5 Å². The molecular weight excluding hydrogens is 206 g/mol. The summed E-state index contributed by atoms with van der Waals surface area (Å²) < 4.78 is 10.2. The molecule has 0 atom stereocenters. The van der Waals surface area contributed by atoms with Crippen LogP contribution in [0.3, 0.4) is 0 Å². The van der Waals surface area contributed by atoms with Gasteiger partial charge in [-0.3, -0.25) is 4.79 Å². The Kier molecular flexibility index (Phi) is 4.22. The lowest BCUT2D eigenvalue weighted by Crippen LogP contribution is -2.08. The van der Waals surface area contributed by atoms with E-state index in [1.165, 1.54) is 0 Å². The van der Waals surface area contributed by atoms with Crippen LogP contribution in [-0.2, 0) is 4.79 Å². The Morgan fingerprint density at radius 3 is 2.69 bits per heavy atom. The average molecular weight is 219 g/mol. The number of amides is 1. The van der Waals surface area contributed by atoms with Crippen molar-refractivity contribution in [3.05, 3.63) is 23.8 Å². The quantitative estimate of drug-likeness (QED) is 0.769. The summed E-state index contributed by atoms with van der Waals surface area (Å²) in [6, 6.07) is 5.28. The molecule has 16 heavy (non-hydrogen) atoms. The van der Waals surface area contributed by atoms with Crippen LogP contribution < -0.4 is 15.2 Å². The average Bonchev–Trinajstić information content (AvgIpc) is 2.28. The van der Waals surface area contributed by atoms with Crippen LogP contribution in [0.15, 0.2) is 18.2 Å². The van der Waals surface area contributed by atoms with Gasteiger partial charge in [0.2, 0.25) is 5.91 Å². The second kappa shape index (κ2) is 5.66. The minimum atomic E-state index is -0.450. The third-order valence-corrected chi connectivity index (χ3v) is 1.89. The van der Waals surface area contributed by atoms with Gasteiger partial charge in [-0.1, -0.05) is 11.8 Å². The smallest absolute Gasteiger partial charge is 0.229 e. The SMILES string of the molecule is COc1ccc(OC)c(C#CCC(N)=O)c1. The summed E-state index contributed by atoms with van der Waals surface area (Å²) in [5.74, 6) is 6.35. The van der Waals surface area contributed by atoms with Crippen molar-refractivity contribution in [1.29, 1.82) is 0 Å². The van der Waals surface area contributed by atoms with E-state index in [9.17, 15) is 4.79 Å². The first kappa shape index (κ1) is 11.9. The van der Waals surface area contributed by atoms with E-state index in [0.29, 0.717) is 17.1 Å². The maximum Gasteiger partial charge on any atom is 0.229 e. The van der Waals surface area contributed by atoms with E-state index in [2.05, 4.69) is 11.8 Å². The second-order valence-corrected chi connectivity index (χ2v) is 3.01. The zero-order valence-corrected chi connectivity index (χ0v) is 9.24. The zero-order valence-electron chi connectivity index (χ0n) is 9.24. The minimum Gasteiger partial charge on any atom is -0.497 e. The summed E-state index contributed by atoms with van der Waals surface area (Å²) in [5.41, 5.74) is 5.66. The third kappa shape index (κ3) is 3.21. The number of methoxy groups -OCH3 is 2. The highest BCUT2D eigenvalue weighted by atomic mass is 16.5. The minimum absolute atomic E-state index is 0.0281. The number of hydrogen-bond acceptors (Lipinski definition) is 3. The topological polar surface area (TPSA) is 61.6 Å². The molecule has 0 aliphatic carbocycles. The van der Waals surface area contributed by atoms with Crippen molar-refractivity contribution >= 4 is 5.91 Å². The van der Waals surface area contributed by atoms with Crippen LogP contribution in [0.25, 0.3) is 0 Å². The standard InChI is InChI=1S/C12H13NO3/c1-15-10-6-7-11(16-2)9(8-10)4-3-5-12(13)14/h6-8H,5H2,1-2H3,(H2,13,14). The summed E-state index contributed by atoms with van der Waals surface area (Å²) in [4.78, 5) is 10.5. The largest absolute Gasteiger partial charge is 0.497 e. The Morgan fingerprint density at radius 2 is 2.12 bits per heavy atom. The Morgan fingerprint density at radius 1 is 1.38 bits per heavy atom. The normalized spacial score (nSPS) is 8.88. The van der Waals surface area contributed by atoms with Crippen molar-refractivity contribution < 1.29 is 14.3 Å². The number of primary amides is 1. The molecule has 2 N–H and O–H groups in total. The van der Waals surface area contributed by atoms with Crippen molar-refractivity contribution in [1.82, 2.24) is 0 Å². The molecule has 84 valence electrons. The maximum atomic E-state index is 10.5. The van der Waals surface area contributed by atoms with E-state index in [1.54, 1.807) is 32.4 Å². The molecule has 0 spiro atoms. The summed E-state index contributed by atoms with van der Waals surface area (Å²) in [5, 5.41) is 0. The van der Waals surface area contributed by atoms with Crippen LogP contribution in [-0.4, -0.2) is 20.1 Å². The van der Waals surface area contributed by atoms with Crippen molar-refractivity contribution in [2.75, 3.05) is 14.2 Å². The lowest BCUT2D eigenvalue weighted by molar-refractivity contribution is -0.117. The van der Waals surface area contributed by atoms with E-state index >= 15 is 0 Å². The van der Waals surface area contributed by atoms with Crippen LogP contribution in [0, 0.1) is 11.8 Å². The van der Waals surface area contributed by atoms with E-state index in [-0.39, 0.29) is 6.42 Å². The molecule has 1 aromatic carbocycles. The fourth-order valence-corrected chi connectivity index (χ4v) is 1.14. The predicted molar refractivity (Wildman–Crippen MR) is 60.2 cm³/mol. The van der Waals surface area contributed by atoms with Crippen LogP contribution >= 0.6 is 0 Å². The number of carbonyl (C=O) groups excluding carboxylic acids is 1. The van der Waals surface area contributed by atoms with Gasteiger partial charge in [0.05, 0.1) is 26.2 Å². The molecule has 1 rings (SSSR count). The number of carbonyl (C=O) groups is 1. The van der Waals surface area contributed by atoms with E-state index < -0.39 is 5.91 Å². The highest BCUT2D eigenvalue weighted by Gasteiger charge is 2.01. The van der Waals surface area contributed by atoms with Crippen molar-refractivity contribution in [3.8, 4) is 23.3 Å². The lowest BCUT2D eigenvalue weighted by atomic mass is 10.2. The highest BCUT2D eigenvalue weighted by molar-refractivity contribution is 5.76. The number of hydrogen-bond donors (Lipinski definition) is 1. The van der Waals surface area contributed by atoms with Crippen molar-refractivity contribution in [3.63, 3.8) is 0 Å². The Labute approximate surface area is 94.3 Å². The second-order valence-electron chi connectivity index (χ2n) is 3.01. The molecule has 0 radical (unpaired) electrons. The molecule has 0 fully saturated rings. The number of rotatable bonds is 3. The monoisotopic (exact) mass is 219 g/mol. The van der Waals surface area contributed by atoms with Crippen molar-refractivity contribution in [2.45, 2.75) is 6.42 Å². The highest BCUT2D eigenvalue weighted by Crippen LogP contribution is 2.22. The fraction of sp³-hybridized carbons (Fsp3) is 0.250. The lowest BCUT2D eigenvalue weighted by Gasteiger charge is -2.05. The van der Waals surface area contributed by atoms with Gasteiger partial charge in [-0.05, 0) is 18.2 Å². The summed E-state index contributed by atoms with van der Waals surface area (Å²) >= 11 is 0. The Bertz CT molecular complexity index is 443. The third-order valence-electron chi connectivity index (χ3n) is 1.89. The molecule has 4 nitrogen and oxygen atoms in total. The molecule has 0 unspecified atom stereocenters. The molecule has 0 aliphatic rings. The molecule has 0 aliphatic heterocycles. The van der Waals surface area contributed by atoms with E-state index in [0.717, 1.165) is 0 Å². The van der Waals surface area contributed by atoms with Gasteiger partial charge in [-0.25, -0.2) is 0 Å². The molecule has 0 saturated heterocycles. The summed E-state index contributed by atoms with van der Waals surface area (Å²) in [6.45, 7) is 0. The molecule has 0 aromatic heterocycles. The molecule has 1 aromatic rings. The van der Waals surface area contributed by atoms with E-state index in [4.69, 9.17) is 15.2 Å². The first-order chi connectivity index (χ1) is 7.67.